The highest BCUT2D eigenvalue weighted by Gasteiger charge is 2.21. The van der Waals surface area contributed by atoms with Crippen LogP contribution < -0.4 is 11.1 Å². The number of hydrogen-bond donors (Lipinski definition) is 2. The smallest absolute Gasteiger partial charge is 0.329 e. The lowest BCUT2D eigenvalue weighted by Gasteiger charge is -2.16. The second-order valence-electron chi connectivity index (χ2n) is 4.15. The normalized spacial score (nSPS) is 11.8. The Morgan fingerprint density at radius 2 is 2.24 bits per heavy atom. The van der Waals surface area contributed by atoms with E-state index in [-0.39, 0.29) is 17.2 Å². The summed E-state index contributed by atoms with van der Waals surface area (Å²) in [6.07, 6.45) is 2.24. The van der Waals surface area contributed by atoms with Gasteiger partial charge in [-0.15, -0.1) is 0 Å². The molecule has 1 rings (SSSR count). The monoisotopic (exact) mass is 334 g/mol. The molecule has 0 aliphatic rings. The number of carbonyl (C=O) groups is 2. The van der Waals surface area contributed by atoms with E-state index in [0.717, 1.165) is 0 Å². The Balaban J connectivity index is 2.66. The molecule has 0 saturated heterocycles. The van der Waals surface area contributed by atoms with Crippen LogP contribution in [0.3, 0.4) is 0 Å². The molecule has 0 heterocycles. The Labute approximate surface area is 131 Å². The van der Waals surface area contributed by atoms with Gasteiger partial charge in [0.25, 0.3) is 0 Å². The summed E-state index contributed by atoms with van der Waals surface area (Å²) in [5.41, 5.74) is 5.11. The largest absolute Gasteiger partial charge is 0.459 e. The number of urea groups is 1. The lowest BCUT2D eigenvalue weighted by atomic mass is 10.2. The molecule has 0 bridgehead atoms. The second-order valence-corrected chi connectivity index (χ2v) is 5.54. The molecule has 5 nitrogen and oxygen atoms in total. The van der Waals surface area contributed by atoms with Gasteiger partial charge >= 0.3 is 12.0 Å². The predicted octanol–water partition coefficient (Wildman–Crippen LogP) is 2.31. The maximum Gasteiger partial charge on any atom is 0.329 e. The zero-order valence-corrected chi connectivity index (χ0v) is 13.0. The molecule has 1 unspecified atom stereocenters. The molecule has 1 atom stereocenters. The van der Waals surface area contributed by atoms with E-state index in [1.165, 1.54) is 30.0 Å². The first-order valence-electron chi connectivity index (χ1n) is 6.10. The van der Waals surface area contributed by atoms with Gasteiger partial charge < -0.3 is 15.8 Å². The van der Waals surface area contributed by atoms with Crippen LogP contribution in [0.1, 0.15) is 12.0 Å². The molecule has 116 valence electrons. The van der Waals surface area contributed by atoms with Gasteiger partial charge in [-0.2, -0.15) is 11.8 Å². The zero-order chi connectivity index (χ0) is 15.8. The lowest BCUT2D eigenvalue weighted by molar-refractivity contribution is -0.147. The van der Waals surface area contributed by atoms with Gasteiger partial charge in [0.1, 0.15) is 18.5 Å². The highest BCUT2D eigenvalue weighted by molar-refractivity contribution is 7.98. The van der Waals surface area contributed by atoms with Crippen molar-refractivity contribution in [3.63, 3.8) is 0 Å². The maximum absolute atomic E-state index is 13.5. The first kappa shape index (κ1) is 17.6. The van der Waals surface area contributed by atoms with E-state index in [9.17, 15) is 14.0 Å². The third kappa shape index (κ3) is 5.81. The first-order valence-corrected chi connectivity index (χ1v) is 7.87. The van der Waals surface area contributed by atoms with Crippen molar-refractivity contribution < 1.29 is 18.7 Å². The minimum Gasteiger partial charge on any atom is -0.459 e. The van der Waals surface area contributed by atoms with Gasteiger partial charge in [0, 0.05) is 5.56 Å². The van der Waals surface area contributed by atoms with Crippen molar-refractivity contribution in [2.45, 2.75) is 19.1 Å². The molecule has 0 aromatic heterocycles. The van der Waals surface area contributed by atoms with Crippen LogP contribution >= 0.6 is 23.4 Å². The number of nitrogens with one attached hydrogen (secondary N) is 1. The SMILES string of the molecule is CSCCC(NC(N)=O)C(=O)OCc1c(F)cccc1Cl. The van der Waals surface area contributed by atoms with Crippen LogP contribution in [0.15, 0.2) is 18.2 Å². The fraction of sp³-hybridized carbons (Fsp3) is 0.385. The highest BCUT2D eigenvalue weighted by atomic mass is 35.5. The molecule has 0 aliphatic carbocycles. The van der Waals surface area contributed by atoms with Crippen LogP contribution in [0.4, 0.5) is 9.18 Å². The van der Waals surface area contributed by atoms with Crippen molar-refractivity contribution in [1.29, 1.82) is 0 Å². The molecule has 0 spiro atoms. The second kappa shape index (κ2) is 8.74. The highest BCUT2D eigenvalue weighted by Crippen LogP contribution is 2.20. The van der Waals surface area contributed by atoms with E-state index in [4.69, 9.17) is 22.1 Å². The van der Waals surface area contributed by atoms with E-state index in [1.807, 2.05) is 6.26 Å². The summed E-state index contributed by atoms with van der Waals surface area (Å²) in [5, 5.41) is 2.48. The fourth-order valence-corrected chi connectivity index (χ4v) is 2.26. The number of primary amides is 1. The minimum absolute atomic E-state index is 0.0928. The number of benzene rings is 1. The standard InChI is InChI=1S/C13H16ClFN2O3S/c1-21-6-5-11(17-13(16)19)12(18)20-7-8-9(14)3-2-4-10(8)15/h2-4,11H,5-7H2,1H3,(H3,16,17,19). The zero-order valence-electron chi connectivity index (χ0n) is 11.4. The minimum atomic E-state index is -0.861. The van der Waals surface area contributed by atoms with Crippen LogP contribution in [0.5, 0.6) is 0 Å². The Kier molecular flexibility index (Phi) is 7.31. The van der Waals surface area contributed by atoms with Crippen molar-refractivity contribution >= 4 is 35.4 Å². The molecule has 0 fully saturated rings. The van der Waals surface area contributed by atoms with Crippen molar-refractivity contribution in [3.05, 3.63) is 34.6 Å². The summed E-state index contributed by atoms with van der Waals surface area (Å²) in [4.78, 5) is 22.8. The van der Waals surface area contributed by atoms with Gasteiger partial charge in [0.15, 0.2) is 0 Å². The first-order chi connectivity index (χ1) is 9.95. The Morgan fingerprint density at radius 1 is 1.52 bits per heavy atom. The van der Waals surface area contributed by atoms with Crippen LogP contribution in [0.25, 0.3) is 0 Å². The van der Waals surface area contributed by atoms with Crippen molar-refractivity contribution in [3.8, 4) is 0 Å². The average Bonchev–Trinajstić information content (AvgIpc) is 2.42. The van der Waals surface area contributed by atoms with Crippen molar-refractivity contribution in [2.75, 3.05) is 12.0 Å². The third-order valence-electron chi connectivity index (χ3n) is 2.63. The van der Waals surface area contributed by atoms with Gasteiger partial charge in [-0.3, -0.25) is 0 Å². The van der Waals surface area contributed by atoms with E-state index in [1.54, 1.807) is 0 Å². The summed E-state index contributed by atoms with van der Waals surface area (Å²) in [6.45, 7) is -0.305. The Hall–Kier alpha value is -1.47. The fourth-order valence-electron chi connectivity index (χ4n) is 1.57. The average molecular weight is 335 g/mol. The third-order valence-corrected chi connectivity index (χ3v) is 3.63. The number of halogens is 2. The number of carbonyl (C=O) groups excluding carboxylic acids is 2. The number of hydrogen-bond acceptors (Lipinski definition) is 4. The summed E-state index contributed by atoms with van der Waals surface area (Å²) in [6, 6.07) is 2.50. The number of rotatable bonds is 7. The summed E-state index contributed by atoms with van der Waals surface area (Å²) < 4.78 is 18.6. The number of esters is 1. The molecule has 1 aromatic carbocycles. The van der Waals surface area contributed by atoms with E-state index >= 15 is 0 Å². The van der Waals surface area contributed by atoms with Gasteiger partial charge in [-0.1, -0.05) is 17.7 Å². The van der Waals surface area contributed by atoms with Crippen LogP contribution in [-0.4, -0.2) is 30.1 Å². The predicted molar refractivity (Wildman–Crippen MR) is 80.7 cm³/mol. The molecule has 1 aromatic rings. The quantitative estimate of drug-likeness (QED) is 0.750. The van der Waals surface area contributed by atoms with E-state index < -0.39 is 23.9 Å². The van der Waals surface area contributed by atoms with E-state index in [2.05, 4.69) is 5.32 Å². The number of nitrogens with two attached hydrogens (primary N) is 1. The number of amides is 2. The summed E-state index contributed by atoms with van der Waals surface area (Å²) in [5.74, 6) is -0.596. The molecule has 0 radical (unpaired) electrons. The van der Waals surface area contributed by atoms with Gasteiger partial charge in [-0.05, 0) is 30.6 Å². The van der Waals surface area contributed by atoms with Crippen molar-refractivity contribution in [1.82, 2.24) is 5.32 Å². The maximum atomic E-state index is 13.5. The van der Waals surface area contributed by atoms with Crippen LogP contribution in [-0.2, 0) is 16.1 Å². The molecule has 3 N–H and O–H groups in total. The lowest BCUT2D eigenvalue weighted by Crippen LogP contribution is -2.44. The van der Waals surface area contributed by atoms with Gasteiger partial charge in [0.2, 0.25) is 0 Å². The van der Waals surface area contributed by atoms with Gasteiger partial charge in [0.05, 0.1) is 5.02 Å². The Bertz CT molecular complexity index is 496. The summed E-state index contributed by atoms with van der Waals surface area (Å²) in [7, 11) is 0. The number of thioether (sulfide) groups is 1. The molecule has 0 aliphatic heterocycles. The van der Waals surface area contributed by atoms with Gasteiger partial charge in [-0.25, -0.2) is 14.0 Å². The van der Waals surface area contributed by atoms with Crippen LogP contribution in [0, 0.1) is 5.82 Å². The van der Waals surface area contributed by atoms with E-state index in [0.29, 0.717) is 12.2 Å². The summed E-state index contributed by atoms with van der Waals surface area (Å²) >= 11 is 7.35. The molecule has 21 heavy (non-hydrogen) atoms. The number of ether oxygens (including phenoxy) is 1. The van der Waals surface area contributed by atoms with Crippen LogP contribution in [0.2, 0.25) is 5.02 Å². The topological polar surface area (TPSA) is 81.4 Å². The Morgan fingerprint density at radius 3 is 2.81 bits per heavy atom. The van der Waals surface area contributed by atoms with Crippen molar-refractivity contribution in [2.24, 2.45) is 5.73 Å². The molecule has 2 amide bonds. The molecular weight excluding hydrogens is 319 g/mol. The molecule has 8 heteroatoms. The molecular formula is C13H16ClFN2O3S. The molecule has 0 saturated carbocycles.